The molecular formula is C19H24N2O4. The predicted octanol–water partition coefficient (Wildman–Crippen LogP) is 4.40. The zero-order valence-corrected chi connectivity index (χ0v) is 15.2. The van der Waals surface area contributed by atoms with Gasteiger partial charge in [-0.2, -0.15) is 0 Å². The molecule has 0 heterocycles. The molecule has 0 aromatic heterocycles. The van der Waals surface area contributed by atoms with E-state index < -0.39 is 23.7 Å². The molecule has 1 aromatic rings. The van der Waals surface area contributed by atoms with Gasteiger partial charge in [-0.25, -0.2) is 14.4 Å². The van der Waals surface area contributed by atoms with Gasteiger partial charge >= 0.3 is 12.1 Å². The van der Waals surface area contributed by atoms with Crippen LogP contribution < -0.4 is 5.32 Å². The van der Waals surface area contributed by atoms with Crippen molar-refractivity contribution < 1.29 is 19.4 Å². The summed E-state index contributed by atoms with van der Waals surface area (Å²) in [6.45, 7) is 15.8. The van der Waals surface area contributed by atoms with Crippen molar-refractivity contribution in [2.24, 2.45) is 0 Å². The van der Waals surface area contributed by atoms with E-state index in [1.165, 1.54) is 0 Å². The van der Waals surface area contributed by atoms with E-state index in [1.54, 1.807) is 32.9 Å². The summed E-state index contributed by atoms with van der Waals surface area (Å²) in [6, 6.07) is 6.00. The molecule has 0 radical (unpaired) electrons. The number of allylic oxidation sites excluding steroid dienone is 1. The van der Waals surface area contributed by atoms with Crippen molar-refractivity contribution in [1.82, 2.24) is 5.32 Å². The number of amides is 1. The molecule has 1 atom stereocenters. The Bertz CT molecular complexity index is 706. The van der Waals surface area contributed by atoms with Gasteiger partial charge in [0.25, 0.3) is 0 Å². The molecule has 134 valence electrons. The average molecular weight is 344 g/mol. The first-order chi connectivity index (χ1) is 11.5. The number of carbonyl (C=O) groups excluding carboxylic acids is 1. The van der Waals surface area contributed by atoms with E-state index in [1.807, 2.05) is 26.0 Å². The number of nitrogens with zero attached hydrogens (tertiary/aromatic N) is 1. The lowest BCUT2D eigenvalue weighted by molar-refractivity contribution is -0.139. The second kappa shape index (κ2) is 8.34. The highest BCUT2D eigenvalue weighted by Gasteiger charge is 2.24. The van der Waals surface area contributed by atoms with Gasteiger partial charge in [-0.05, 0) is 52.2 Å². The number of rotatable bonds is 5. The predicted molar refractivity (Wildman–Crippen MR) is 96.4 cm³/mol. The molecule has 1 amide bonds. The largest absolute Gasteiger partial charge is 0.480 e. The van der Waals surface area contributed by atoms with Crippen LogP contribution in [0.2, 0.25) is 0 Å². The fourth-order valence-electron chi connectivity index (χ4n) is 2.14. The van der Waals surface area contributed by atoms with Crippen molar-refractivity contribution in [1.29, 1.82) is 0 Å². The Morgan fingerprint density at radius 2 is 1.80 bits per heavy atom. The second-order valence-electron chi connectivity index (χ2n) is 6.81. The fourth-order valence-corrected chi connectivity index (χ4v) is 2.14. The number of carboxylic acids is 1. The standard InChI is InChI=1S/C19H24N2O4/c1-12(13(2)14-7-9-15(20-6)10-8-14)11-16(17(22)23)21-18(24)25-19(3,4)5/h7-10,16H,11H2,1-5H3,(H,21,24)(H,22,23)/b13-12+/t16-/m0/s1. The minimum Gasteiger partial charge on any atom is -0.480 e. The van der Waals surface area contributed by atoms with Gasteiger partial charge in [0.2, 0.25) is 0 Å². The summed E-state index contributed by atoms with van der Waals surface area (Å²) in [4.78, 5) is 26.6. The number of nitrogens with one attached hydrogen (secondary N) is 1. The van der Waals surface area contributed by atoms with Gasteiger partial charge in [0.1, 0.15) is 11.6 Å². The van der Waals surface area contributed by atoms with E-state index in [9.17, 15) is 14.7 Å². The van der Waals surface area contributed by atoms with E-state index in [2.05, 4.69) is 10.2 Å². The normalized spacial score (nSPS) is 13.3. The molecule has 0 saturated carbocycles. The lowest BCUT2D eigenvalue weighted by Gasteiger charge is -2.22. The van der Waals surface area contributed by atoms with Crippen LogP contribution in [0.5, 0.6) is 0 Å². The van der Waals surface area contributed by atoms with Crippen LogP contribution in [-0.4, -0.2) is 28.8 Å². The summed E-state index contributed by atoms with van der Waals surface area (Å²) in [5, 5.41) is 11.8. The van der Waals surface area contributed by atoms with Gasteiger partial charge in [-0.3, -0.25) is 0 Å². The molecule has 2 N–H and O–H groups in total. The van der Waals surface area contributed by atoms with Crippen LogP contribution in [0.15, 0.2) is 29.8 Å². The van der Waals surface area contributed by atoms with E-state index in [0.717, 1.165) is 16.7 Å². The average Bonchev–Trinajstić information content (AvgIpc) is 2.51. The SMILES string of the molecule is [C-]#[N+]c1ccc(/C(C)=C(\C)C[C@H](NC(=O)OC(C)(C)C)C(=O)O)cc1. The third-order valence-corrected chi connectivity index (χ3v) is 3.57. The van der Waals surface area contributed by atoms with Gasteiger partial charge < -0.3 is 15.2 Å². The molecular weight excluding hydrogens is 320 g/mol. The molecule has 0 spiro atoms. The second-order valence-corrected chi connectivity index (χ2v) is 6.81. The molecule has 6 heteroatoms. The maximum atomic E-state index is 11.8. The van der Waals surface area contributed by atoms with E-state index >= 15 is 0 Å². The van der Waals surface area contributed by atoms with Crippen LogP contribution in [0.4, 0.5) is 10.5 Å². The van der Waals surface area contributed by atoms with Crippen molar-refractivity contribution >= 4 is 23.3 Å². The van der Waals surface area contributed by atoms with Crippen molar-refractivity contribution in [2.75, 3.05) is 0 Å². The Balaban J connectivity index is 2.90. The maximum absolute atomic E-state index is 11.8. The van der Waals surface area contributed by atoms with Crippen molar-refractivity contribution in [3.8, 4) is 0 Å². The van der Waals surface area contributed by atoms with Gasteiger partial charge in [-0.1, -0.05) is 29.8 Å². The molecule has 6 nitrogen and oxygen atoms in total. The minimum absolute atomic E-state index is 0.158. The lowest BCUT2D eigenvalue weighted by atomic mass is 9.97. The molecule has 1 aromatic carbocycles. The van der Waals surface area contributed by atoms with E-state index in [0.29, 0.717) is 5.69 Å². The summed E-state index contributed by atoms with van der Waals surface area (Å²) >= 11 is 0. The van der Waals surface area contributed by atoms with Gasteiger partial charge in [-0.15, -0.1) is 0 Å². The Morgan fingerprint density at radius 3 is 2.24 bits per heavy atom. The quantitative estimate of drug-likeness (QED) is 0.776. The molecule has 25 heavy (non-hydrogen) atoms. The van der Waals surface area contributed by atoms with E-state index in [-0.39, 0.29) is 6.42 Å². The molecule has 0 fully saturated rings. The van der Waals surface area contributed by atoms with Gasteiger partial charge in [0, 0.05) is 0 Å². The number of carboxylic acid groups (broad SMARTS) is 1. The van der Waals surface area contributed by atoms with Crippen LogP contribution in [0.1, 0.15) is 46.6 Å². The first kappa shape index (κ1) is 20.2. The highest BCUT2D eigenvalue weighted by Crippen LogP contribution is 2.24. The first-order valence-electron chi connectivity index (χ1n) is 7.90. The third-order valence-electron chi connectivity index (χ3n) is 3.57. The molecule has 1 rings (SSSR count). The van der Waals surface area contributed by atoms with Crippen molar-refractivity contribution in [3.63, 3.8) is 0 Å². The van der Waals surface area contributed by atoms with Crippen LogP contribution in [-0.2, 0) is 9.53 Å². The lowest BCUT2D eigenvalue weighted by Crippen LogP contribution is -2.43. The van der Waals surface area contributed by atoms with Gasteiger partial charge in [0.05, 0.1) is 6.57 Å². The highest BCUT2D eigenvalue weighted by atomic mass is 16.6. The number of hydrogen-bond acceptors (Lipinski definition) is 3. The molecule has 0 aliphatic carbocycles. The zero-order valence-electron chi connectivity index (χ0n) is 15.2. The van der Waals surface area contributed by atoms with Crippen LogP contribution in [0, 0.1) is 6.57 Å². The van der Waals surface area contributed by atoms with Crippen molar-refractivity contribution in [2.45, 2.75) is 52.7 Å². The molecule has 0 saturated heterocycles. The fraction of sp³-hybridized carbons (Fsp3) is 0.421. The minimum atomic E-state index is -1.12. The number of hydrogen-bond donors (Lipinski definition) is 2. The zero-order chi connectivity index (χ0) is 19.2. The third kappa shape index (κ3) is 6.68. The Kier molecular flexibility index (Phi) is 6.75. The molecule has 0 bridgehead atoms. The number of ether oxygens (including phenoxy) is 1. The summed E-state index contributed by atoms with van der Waals surface area (Å²) in [7, 11) is 0. The number of aliphatic carboxylic acids is 1. The number of benzene rings is 1. The molecule has 0 aliphatic heterocycles. The Morgan fingerprint density at radius 1 is 1.24 bits per heavy atom. The van der Waals surface area contributed by atoms with Crippen LogP contribution in [0.25, 0.3) is 10.4 Å². The number of alkyl carbamates (subject to hydrolysis) is 1. The van der Waals surface area contributed by atoms with E-state index in [4.69, 9.17) is 11.3 Å². The monoisotopic (exact) mass is 344 g/mol. The van der Waals surface area contributed by atoms with Crippen LogP contribution in [0.3, 0.4) is 0 Å². The number of carbonyl (C=O) groups is 2. The van der Waals surface area contributed by atoms with Crippen LogP contribution >= 0.6 is 0 Å². The molecule has 0 aliphatic rings. The van der Waals surface area contributed by atoms with Crippen molar-refractivity contribution in [3.05, 3.63) is 46.8 Å². The summed E-state index contributed by atoms with van der Waals surface area (Å²) in [5.74, 6) is -1.12. The summed E-state index contributed by atoms with van der Waals surface area (Å²) < 4.78 is 5.11. The first-order valence-corrected chi connectivity index (χ1v) is 7.90. The maximum Gasteiger partial charge on any atom is 0.408 e. The Labute approximate surface area is 148 Å². The Hall–Kier alpha value is -2.81. The van der Waals surface area contributed by atoms with Gasteiger partial charge in [0.15, 0.2) is 5.69 Å². The smallest absolute Gasteiger partial charge is 0.408 e. The molecule has 0 unspecified atom stereocenters. The highest BCUT2D eigenvalue weighted by molar-refractivity contribution is 5.81. The topological polar surface area (TPSA) is 80.0 Å². The summed E-state index contributed by atoms with van der Waals surface area (Å²) in [5.41, 5.74) is 2.50. The summed E-state index contributed by atoms with van der Waals surface area (Å²) in [6.07, 6.45) is -0.600.